The summed E-state index contributed by atoms with van der Waals surface area (Å²) in [6, 6.07) is 4.74. The van der Waals surface area contributed by atoms with Crippen LogP contribution >= 0.6 is 0 Å². The van der Waals surface area contributed by atoms with E-state index in [0.717, 1.165) is 0 Å². The van der Waals surface area contributed by atoms with Crippen LogP contribution < -0.4 is 15.8 Å². The molecule has 0 saturated carbocycles. The van der Waals surface area contributed by atoms with E-state index in [1.807, 2.05) is 6.92 Å². The number of terminal acetylenes is 1. The van der Waals surface area contributed by atoms with Crippen LogP contribution in [0.5, 0.6) is 5.75 Å². The zero-order valence-corrected chi connectivity index (χ0v) is 9.99. The second-order valence-electron chi connectivity index (χ2n) is 3.53. The molecule has 0 bridgehead atoms. The number of amides is 1. The average molecular weight is 232 g/mol. The zero-order chi connectivity index (χ0) is 12.8. The first kappa shape index (κ1) is 12.9. The molecule has 17 heavy (non-hydrogen) atoms. The van der Waals surface area contributed by atoms with Crippen LogP contribution in [0.1, 0.15) is 23.7 Å². The number of ether oxygens (including phenoxy) is 1. The SMILES string of the molecule is C#CC(CC)NC(=O)c1cccc(N)c1OC. The third-order valence-electron chi connectivity index (χ3n) is 2.41. The normalized spacial score (nSPS) is 11.4. The van der Waals surface area contributed by atoms with Crippen molar-refractivity contribution < 1.29 is 9.53 Å². The van der Waals surface area contributed by atoms with Crippen LogP contribution in [-0.4, -0.2) is 19.1 Å². The molecule has 0 spiro atoms. The molecule has 0 heterocycles. The van der Waals surface area contributed by atoms with Crippen LogP contribution in [0.3, 0.4) is 0 Å². The maximum Gasteiger partial charge on any atom is 0.256 e. The highest BCUT2D eigenvalue weighted by Crippen LogP contribution is 2.25. The summed E-state index contributed by atoms with van der Waals surface area (Å²) in [7, 11) is 1.47. The van der Waals surface area contributed by atoms with Crippen molar-refractivity contribution in [2.24, 2.45) is 0 Å². The summed E-state index contributed by atoms with van der Waals surface area (Å²) < 4.78 is 5.11. The first-order chi connectivity index (χ1) is 8.13. The molecule has 1 atom stereocenters. The average Bonchev–Trinajstić information content (AvgIpc) is 2.35. The number of nitrogen functional groups attached to an aromatic ring is 1. The molecule has 1 unspecified atom stereocenters. The minimum Gasteiger partial charge on any atom is -0.494 e. The van der Waals surface area contributed by atoms with E-state index < -0.39 is 0 Å². The molecule has 1 aromatic rings. The summed E-state index contributed by atoms with van der Waals surface area (Å²) >= 11 is 0. The molecule has 0 fully saturated rings. The van der Waals surface area contributed by atoms with Crippen LogP contribution in [0.25, 0.3) is 0 Å². The second-order valence-corrected chi connectivity index (χ2v) is 3.53. The molecular formula is C13H16N2O2. The van der Waals surface area contributed by atoms with E-state index in [1.54, 1.807) is 18.2 Å². The van der Waals surface area contributed by atoms with Crippen molar-refractivity contribution in [1.29, 1.82) is 0 Å². The van der Waals surface area contributed by atoms with Crippen molar-refractivity contribution in [3.63, 3.8) is 0 Å². The summed E-state index contributed by atoms with van der Waals surface area (Å²) in [5, 5.41) is 2.72. The number of methoxy groups -OCH3 is 1. The minimum absolute atomic E-state index is 0.279. The van der Waals surface area contributed by atoms with Gasteiger partial charge in [-0.2, -0.15) is 0 Å². The number of carbonyl (C=O) groups is 1. The Labute approximate surface area is 101 Å². The number of nitrogens with one attached hydrogen (secondary N) is 1. The number of rotatable bonds is 4. The molecule has 0 aromatic heterocycles. The van der Waals surface area contributed by atoms with E-state index in [4.69, 9.17) is 16.9 Å². The van der Waals surface area contributed by atoms with E-state index in [9.17, 15) is 4.79 Å². The molecule has 0 radical (unpaired) electrons. The van der Waals surface area contributed by atoms with Gasteiger partial charge in [-0.1, -0.05) is 18.9 Å². The molecular weight excluding hydrogens is 216 g/mol. The van der Waals surface area contributed by atoms with Gasteiger partial charge in [-0.05, 0) is 18.6 Å². The molecule has 1 aromatic carbocycles. The first-order valence-corrected chi connectivity index (χ1v) is 5.33. The van der Waals surface area contributed by atoms with Crippen molar-refractivity contribution in [2.45, 2.75) is 19.4 Å². The van der Waals surface area contributed by atoms with Crippen LogP contribution in [0, 0.1) is 12.3 Å². The predicted molar refractivity (Wildman–Crippen MR) is 67.8 cm³/mol. The molecule has 3 N–H and O–H groups in total. The van der Waals surface area contributed by atoms with Gasteiger partial charge in [0, 0.05) is 0 Å². The number of para-hydroxylation sites is 1. The van der Waals surface area contributed by atoms with Crippen molar-refractivity contribution in [3.8, 4) is 18.1 Å². The molecule has 4 heteroatoms. The van der Waals surface area contributed by atoms with Crippen molar-refractivity contribution >= 4 is 11.6 Å². The lowest BCUT2D eigenvalue weighted by atomic mass is 10.1. The molecule has 0 saturated heterocycles. The number of benzene rings is 1. The van der Waals surface area contributed by atoms with E-state index in [-0.39, 0.29) is 11.9 Å². The fourth-order valence-electron chi connectivity index (χ4n) is 1.46. The van der Waals surface area contributed by atoms with E-state index in [0.29, 0.717) is 23.4 Å². The first-order valence-electron chi connectivity index (χ1n) is 5.33. The lowest BCUT2D eigenvalue weighted by Crippen LogP contribution is -2.33. The van der Waals surface area contributed by atoms with E-state index >= 15 is 0 Å². The van der Waals surface area contributed by atoms with Gasteiger partial charge >= 0.3 is 0 Å². The smallest absolute Gasteiger partial charge is 0.256 e. The van der Waals surface area contributed by atoms with Crippen LogP contribution in [0.15, 0.2) is 18.2 Å². The van der Waals surface area contributed by atoms with E-state index in [2.05, 4.69) is 11.2 Å². The van der Waals surface area contributed by atoms with Gasteiger partial charge in [0.05, 0.1) is 24.4 Å². The third-order valence-corrected chi connectivity index (χ3v) is 2.41. The molecule has 0 aliphatic carbocycles. The van der Waals surface area contributed by atoms with Crippen LogP contribution in [0.4, 0.5) is 5.69 Å². The highest BCUT2D eigenvalue weighted by atomic mass is 16.5. The molecule has 0 aliphatic rings. The predicted octanol–water partition coefficient (Wildman–Crippen LogP) is 1.42. The molecule has 1 rings (SSSR count). The Bertz CT molecular complexity index is 449. The maximum absolute atomic E-state index is 12.0. The van der Waals surface area contributed by atoms with Gasteiger partial charge in [0.25, 0.3) is 5.91 Å². The van der Waals surface area contributed by atoms with Crippen LogP contribution in [0.2, 0.25) is 0 Å². The minimum atomic E-state index is -0.284. The van der Waals surface area contributed by atoms with Gasteiger partial charge in [-0.15, -0.1) is 6.42 Å². The Morgan fingerprint density at radius 1 is 1.65 bits per heavy atom. The maximum atomic E-state index is 12.0. The molecule has 1 amide bonds. The van der Waals surface area contributed by atoms with Gasteiger partial charge in [0.1, 0.15) is 0 Å². The van der Waals surface area contributed by atoms with Crippen molar-refractivity contribution in [3.05, 3.63) is 23.8 Å². The second kappa shape index (κ2) is 5.80. The van der Waals surface area contributed by atoms with E-state index in [1.165, 1.54) is 7.11 Å². The topological polar surface area (TPSA) is 64.4 Å². The Morgan fingerprint density at radius 2 is 2.35 bits per heavy atom. The fourth-order valence-corrected chi connectivity index (χ4v) is 1.46. The Kier molecular flexibility index (Phi) is 4.41. The summed E-state index contributed by atoms with van der Waals surface area (Å²) in [6.07, 6.45) is 5.96. The van der Waals surface area contributed by atoms with Crippen molar-refractivity contribution in [1.82, 2.24) is 5.32 Å². The Hall–Kier alpha value is -2.15. The standard InChI is InChI=1S/C13H16N2O2/c1-4-9(5-2)15-13(16)10-7-6-8-11(14)12(10)17-3/h1,6-9H,5,14H2,2-3H3,(H,15,16). The number of carbonyl (C=O) groups excluding carboxylic acids is 1. The third kappa shape index (κ3) is 2.91. The number of hydrogen-bond donors (Lipinski definition) is 2. The number of hydrogen-bond acceptors (Lipinski definition) is 3. The number of anilines is 1. The van der Waals surface area contributed by atoms with Crippen molar-refractivity contribution in [2.75, 3.05) is 12.8 Å². The van der Waals surface area contributed by atoms with Crippen LogP contribution in [-0.2, 0) is 0 Å². The van der Waals surface area contributed by atoms with Gasteiger partial charge in [-0.25, -0.2) is 0 Å². The monoisotopic (exact) mass is 232 g/mol. The quantitative estimate of drug-likeness (QED) is 0.609. The lowest BCUT2D eigenvalue weighted by molar-refractivity contribution is 0.0942. The van der Waals surface area contributed by atoms with Gasteiger partial charge < -0.3 is 15.8 Å². The Morgan fingerprint density at radius 3 is 2.88 bits per heavy atom. The molecule has 90 valence electrons. The largest absolute Gasteiger partial charge is 0.494 e. The summed E-state index contributed by atoms with van der Waals surface area (Å²) in [5.41, 5.74) is 6.54. The lowest BCUT2D eigenvalue weighted by Gasteiger charge is -2.14. The van der Waals surface area contributed by atoms with Gasteiger partial charge in [0.2, 0.25) is 0 Å². The Balaban J connectivity index is 2.97. The highest BCUT2D eigenvalue weighted by molar-refractivity contribution is 5.98. The molecule has 4 nitrogen and oxygen atoms in total. The molecule has 0 aliphatic heterocycles. The van der Waals surface area contributed by atoms with Gasteiger partial charge in [0.15, 0.2) is 5.75 Å². The zero-order valence-electron chi connectivity index (χ0n) is 9.99. The summed E-state index contributed by atoms with van der Waals surface area (Å²) in [6.45, 7) is 1.90. The highest BCUT2D eigenvalue weighted by Gasteiger charge is 2.16. The number of nitrogens with two attached hydrogens (primary N) is 1. The summed E-state index contributed by atoms with van der Waals surface area (Å²) in [5.74, 6) is 2.59. The fraction of sp³-hybridized carbons (Fsp3) is 0.308. The van der Waals surface area contributed by atoms with Gasteiger partial charge in [-0.3, -0.25) is 4.79 Å². The summed E-state index contributed by atoms with van der Waals surface area (Å²) in [4.78, 5) is 12.0.